The monoisotopic (exact) mass is 285 g/mol. The van der Waals surface area contributed by atoms with Gasteiger partial charge in [-0.05, 0) is 23.1 Å². The van der Waals surface area contributed by atoms with E-state index >= 15 is 0 Å². The summed E-state index contributed by atoms with van der Waals surface area (Å²) in [5, 5.41) is 0. The Morgan fingerprint density at radius 3 is 2.05 bits per heavy atom. The zero-order chi connectivity index (χ0) is 14.8. The maximum atomic E-state index is 4.58. The molecule has 0 saturated heterocycles. The predicted molar refractivity (Wildman–Crippen MR) is 92.4 cm³/mol. The minimum atomic E-state index is 0.352. The SMILES string of the molecule is C1=C2CC(C(c3ccccc3)c3ccccc3)=CCC2=NC1. The average molecular weight is 285 g/mol. The van der Waals surface area contributed by atoms with Crippen molar-refractivity contribution >= 4 is 5.71 Å². The molecule has 2 aliphatic rings. The molecule has 2 aromatic rings. The fraction of sp³-hybridized carbons (Fsp3) is 0.190. The maximum absolute atomic E-state index is 4.58. The van der Waals surface area contributed by atoms with E-state index in [4.69, 9.17) is 0 Å². The van der Waals surface area contributed by atoms with Gasteiger partial charge in [0.15, 0.2) is 0 Å². The van der Waals surface area contributed by atoms with E-state index in [1.165, 1.54) is 28.0 Å². The molecule has 0 aromatic heterocycles. The summed E-state index contributed by atoms with van der Waals surface area (Å²) in [7, 11) is 0. The van der Waals surface area contributed by atoms with Crippen molar-refractivity contribution in [1.29, 1.82) is 0 Å². The summed E-state index contributed by atoms with van der Waals surface area (Å²) < 4.78 is 0. The quantitative estimate of drug-likeness (QED) is 0.710. The van der Waals surface area contributed by atoms with Crippen molar-refractivity contribution in [3.63, 3.8) is 0 Å². The molecule has 0 radical (unpaired) electrons. The Morgan fingerprint density at radius 1 is 0.773 bits per heavy atom. The van der Waals surface area contributed by atoms with Crippen LogP contribution in [0, 0.1) is 0 Å². The van der Waals surface area contributed by atoms with Gasteiger partial charge in [-0.3, -0.25) is 4.99 Å². The van der Waals surface area contributed by atoms with E-state index in [-0.39, 0.29) is 0 Å². The van der Waals surface area contributed by atoms with Gasteiger partial charge in [0.05, 0.1) is 6.54 Å². The first-order valence-corrected chi connectivity index (χ1v) is 7.93. The predicted octanol–water partition coefficient (Wildman–Crippen LogP) is 4.92. The lowest BCUT2D eigenvalue weighted by molar-refractivity contribution is 0.883. The highest BCUT2D eigenvalue weighted by molar-refractivity contribution is 6.04. The van der Waals surface area contributed by atoms with Crippen LogP contribution in [0.4, 0.5) is 0 Å². The molecule has 0 bridgehead atoms. The molecule has 0 saturated carbocycles. The molecule has 1 nitrogen and oxygen atoms in total. The van der Waals surface area contributed by atoms with Crippen LogP contribution in [-0.2, 0) is 0 Å². The fourth-order valence-corrected chi connectivity index (χ4v) is 3.51. The van der Waals surface area contributed by atoms with Crippen molar-refractivity contribution in [2.45, 2.75) is 18.8 Å². The summed E-state index contributed by atoms with van der Waals surface area (Å²) in [6.07, 6.45) is 6.70. The molecule has 1 heteroatoms. The van der Waals surface area contributed by atoms with Gasteiger partial charge in [-0.1, -0.05) is 78.4 Å². The van der Waals surface area contributed by atoms with Crippen molar-refractivity contribution in [3.05, 3.63) is 95.1 Å². The molecule has 0 N–H and O–H groups in total. The standard InChI is InChI=1S/C21H19N/c1-3-7-16(8-4-1)21(17-9-5-2-6-10-17)19-11-12-20-18(15-19)13-14-22-20/h1-11,13,21H,12,14-15H2. The molecule has 2 aromatic carbocycles. The lowest BCUT2D eigenvalue weighted by atomic mass is 9.78. The highest BCUT2D eigenvalue weighted by Gasteiger charge is 2.25. The van der Waals surface area contributed by atoms with E-state index in [2.05, 4.69) is 77.8 Å². The van der Waals surface area contributed by atoms with Gasteiger partial charge in [0.2, 0.25) is 0 Å². The smallest absolute Gasteiger partial charge is 0.0580 e. The van der Waals surface area contributed by atoms with Crippen LogP contribution in [0.5, 0.6) is 0 Å². The van der Waals surface area contributed by atoms with Crippen LogP contribution in [0.3, 0.4) is 0 Å². The van der Waals surface area contributed by atoms with E-state index in [9.17, 15) is 0 Å². The van der Waals surface area contributed by atoms with Crippen LogP contribution in [0.1, 0.15) is 29.9 Å². The van der Waals surface area contributed by atoms with Gasteiger partial charge in [-0.2, -0.15) is 0 Å². The van der Waals surface area contributed by atoms with Crippen molar-refractivity contribution in [3.8, 4) is 0 Å². The van der Waals surface area contributed by atoms with Crippen LogP contribution in [0.15, 0.2) is 89.0 Å². The van der Waals surface area contributed by atoms with Crippen molar-refractivity contribution < 1.29 is 0 Å². The topological polar surface area (TPSA) is 12.4 Å². The molecule has 0 atom stereocenters. The summed E-state index contributed by atoms with van der Waals surface area (Å²) in [5.41, 5.74) is 6.99. The second-order valence-electron chi connectivity index (χ2n) is 5.93. The number of benzene rings is 2. The Hall–Kier alpha value is -2.41. The average Bonchev–Trinajstić information content (AvgIpc) is 3.05. The first kappa shape index (κ1) is 13.3. The number of aliphatic imine (C=N–C) groups is 1. The van der Waals surface area contributed by atoms with Gasteiger partial charge in [-0.15, -0.1) is 0 Å². The highest BCUT2D eigenvalue weighted by Crippen LogP contribution is 2.38. The van der Waals surface area contributed by atoms with Crippen molar-refractivity contribution in [2.75, 3.05) is 6.54 Å². The van der Waals surface area contributed by atoms with Crippen molar-refractivity contribution in [2.24, 2.45) is 4.99 Å². The largest absolute Gasteiger partial charge is 0.285 e. The normalized spacial score (nSPS) is 16.9. The van der Waals surface area contributed by atoms with Gasteiger partial charge in [-0.25, -0.2) is 0 Å². The summed E-state index contributed by atoms with van der Waals surface area (Å²) in [4.78, 5) is 4.58. The number of allylic oxidation sites excluding steroid dienone is 3. The maximum Gasteiger partial charge on any atom is 0.0580 e. The number of fused-ring (bicyclic) bond motifs is 1. The van der Waals surface area contributed by atoms with Crippen molar-refractivity contribution in [1.82, 2.24) is 0 Å². The van der Waals surface area contributed by atoms with E-state index < -0.39 is 0 Å². The summed E-state index contributed by atoms with van der Waals surface area (Å²) in [6, 6.07) is 21.7. The number of nitrogens with zero attached hydrogens (tertiary/aromatic N) is 1. The Balaban J connectivity index is 1.77. The van der Waals surface area contributed by atoms with Gasteiger partial charge in [0.1, 0.15) is 0 Å². The molecule has 0 unspecified atom stereocenters. The van der Waals surface area contributed by atoms with Crippen LogP contribution in [-0.4, -0.2) is 12.3 Å². The van der Waals surface area contributed by atoms with E-state index in [0.717, 1.165) is 19.4 Å². The second kappa shape index (κ2) is 5.76. The number of hydrogen-bond acceptors (Lipinski definition) is 1. The second-order valence-corrected chi connectivity index (χ2v) is 5.93. The molecule has 0 amide bonds. The molecule has 1 aliphatic heterocycles. The van der Waals surface area contributed by atoms with Gasteiger partial charge in [0.25, 0.3) is 0 Å². The third-order valence-corrected chi connectivity index (χ3v) is 4.58. The lowest BCUT2D eigenvalue weighted by Gasteiger charge is -2.25. The summed E-state index contributed by atoms with van der Waals surface area (Å²) in [5.74, 6) is 0.352. The summed E-state index contributed by atoms with van der Waals surface area (Å²) in [6.45, 7) is 0.868. The van der Waals surface area contributed by atoms with Crippen LogP contribution in [0.2, 0.25) is 0 Å². The first-order valence-electron chi connectivity index (χ1n) is 7.93. The third kappa shape index (κ3) is 2.43. The zero-order valence-electron chi connectivity index (χ0n) is 12.6. The highest BCUT2D eigenvalue weighted by atomic mass is 14.8. The Morgan fingerprint density at radius 2 is 1.41 bits per heavy atom. The van der Waals surface area contributed by atoms with E-state index in [1.807, 2.05) is 0 Å². The molecular weight excluding hydrogens is 266 g/mol. The van der Waals surface area contributed by atoms with Gasteiger partial charge in [0, 0.05) is 18.1 Å². The number of rotatable bonds is 3. The number of hydrogen-bond donors (Lipinski definition) is 0. The minimum Gasteiger partial charge on any atom is -0.285 e. The fourth-order valence-electron chi connectivity index (χ4n) is 3.51. The summed E-state index contributed by atoms with van der Waals surface area (Å²) >= 11 is 0. The Labute approximate surface area is 131 Å². The van der Waals surface area contributed by atoms with Gasteiger partial charge >= 0.3 is 0 Å². The van der Waals surface area contributed by atoms with Crippen LogP contribution in [0.25, 0.3) is 0 Å². The Bertz CT molecular complexity index is 712. The van der Waals surface area contributed by atoms with Crippen LogP contribution >= 0.6 is 0 Å². The molecule has 0 fully saturated rings. The molecule has 108 valence electrons. The molecule has 4 rings (SSSR count). The molecule has 22 heavy (non-hydrogen) atoms. The zero-order valence-corrected chi connectivity index (χ0v) is 12.6. The Kier molecular flexibility index (Phi) is 3.48. The third-order valence-electron chi connectivity index (χ3n) is 4.58. The molecule has 1 aliphatic carbocycles. The lowest BCUT2D eigenvalue weighted by Crippen LogP contribution is -2.13. The van der Waals surface area contributed by atoms with E-state index in [1.54, 1.807) is 0 Å². The van der Waals surface area contributed by atoms with Gasteiger partial charge < -0.3 is 0 Å². The van der Waals surface area contributed by atoms with E-state index in [0.29, 0.717) is 5.92 Å². The van der Waals surface area contributed by atoms with Crippen LogP contribution < -0.4 is 0 Å². The minimum absolute atomic E-state index is 0.352. The molecular formula is C21H19N. The molecule has 1 heterocycles. The molecule has 0 spiro atoms. The first-order chi connectivity index (χ1) is 10.9.